The Morgan fingerprint density at radius 2 is 1.56 bits per heavy atom. The number of rotatable bonds is 5. The Morgan fingerprint density at radius 3 is 2.10 bits per heavy atom. The average Bonchev–Trinajstić information content (AvgIpc) is 3.49. The van der Waals surface area contributed by atoms with Gasteiger partial charge >= 0.3 is 30.6 Å². The Morgan fingerprint density at radius 1 is 0.927 bits per heavy atom. The second kappa shape index (κ2) is 11.1. The van der Waals surface area contributed by atoms with Crippen molar-refractivity contribution >= 4 is 17.7 Å². The Hall–Kier alpha value is -2.91. The first kappa shape index (κ1) is 31.0. The zero-order valence-corrected chi connectivity index (χ0v) is 21.6. The van der Waals surface area contributed by atoms with E-state index in [0.717, 1.165) is 17.0 Å². The smallest absolute Gasteiger partial charge is 0.434 e. The molecule has 7 nitrogen and oxygen atoms in total. The number of aliphatic carboxylic acids is 1. The first-order valence-corrected chi connectivity index (χ1v) is 12.9. The van der Waals surface area contributed by atoms with Gasteiger partial charge in [-0.15, -0.1) is 0 Å². The molecule has 3 aliphatic heterocycles. The third-order valence-electron chi connectivity index (χ3n) is 8.09. The molecule has 3 fully saturated rings. The lowest BCUT2D eigenvalue weighted by atomic mass is 9.84. The van der Waals surface area contributed by atoms with Crippen LogP contribution in [-0.4, -0.2) is 83.7 Å². The monoisotopic (exact) mass is 605 g/mol. The number of ether oxygens (including phenoxy) is 1. The molecule has 0 radical (unpaired) electrons. The van der Waals surface area contributed by atoms with E-state index >= 15 is 0 Å². The van der Waals surface area contributed by atoms with Gasteiger partial charge in [0.05, 0.1) is 11.5 Å². The molecule has 1 amide bonds. The van der Waals surface area contributed by atoms with Crippen LogP contribution in [0.15, 0.2) is 18.2 Å². The molecular formula is C25H28F9N3O4. The third-order valence-corrected chi connectivity index (χ3v) is 8.09. The van der Waals surface area contributed by atoms with Crippen molar-refractivity contribution in [2.75, 3.05) is 37.6 Å². The molecule has 1 atom stereocenters. The molecule has 1 spiro atoms. The quantitative estimate of drug-likeness (QED) is 0.436. The molecule has 16 heteroatoms. The Labute approximate surface area is 228 Å². The van der Waals surface area contributed by atoms with E-state index in [2.05, 4.69) is 4.74 Å². The van der Waals surface area contributed by atoms with Crippen molar-refractivity contribution in [3.05, 3.63) is 29.3 Å². The first-order chi connectivity index (χ1) is 18.9. The summed E-state index contributed by atoms with van der Waals surface area (Å²) in [5.74, 6) is -1.73. The summed E-state index contributed by atoms with van der Waals surface area (Å²) in [5.41, 5.74) is -0.928. The molecule has 0 aliphatic carbocycles. The lowest BCUT2D eigenvalue weighted by Gasteiger charge is -2.45. The molecule has 0 bridgehead atoms. The lowest BCUT2D eigenvalue weighted by Crippen LogP contribution is -2.54. The molecule has 1 unspecified atom stereocenters. The van der Waals surface area contributed by atoms with Gasteiger partial charge < -0.3 is 19.6 Å². The van der Waals surface area contributed by atoms with Crippen LogP contribution in [0.1, 0.15) is 43.2 Å². The van der Waals surface area contributed by atoms with Crippen LogP contribution >= 0.6 is 0 Å². The van der Waals surface area contributed by atoms with Crippen molar-refractivity contribution in [3.63, 3.8) is 0 Å². The van der Waals surface area contributed by atoms with Crippen LogP contribution in [0.3, 0.4) is 0 Å². The molecule has 0 saturated carbocycles. The number of amides is 1. The maximum Gasteiger partial charge on any atom is 0.434 e. The Kier molecular flexibility index (Phi) is 8.37. The molecule has 0 aromatic heterocycles. The van der Waals surface area contributed by atoms with Gasteiger partial charge in [0.15, 0.2) is 0 Å². The number of hydrogen-bond acceptors (Lipinski definition) is 5. The van der Waals surface area contributed by atoms with Crippen LogP contribution in [0.2, 0.25) is 0 Å². The molecule has 4 rings (SSSR count). The van der Waals surface area contributed by atoms with E-state index in [9.17, 15) is 54.2 Å². The minimum absolute atomic E-state index is 0.0687. The van der Waals surface area contributed by atoms with E-state index in [0.29, 0.717) is 31.4 Å². The number of carbonyl (C=O) groups excluding carboxylic acids is 1. The van der Waals surface area contributed by atoms with Crippen LogP contribution in [0.25, 0.3) is 0 Å². The fraction of sp³-hybridized carbons (Fsp3) is 0.680. The summed E-state index contributed by atoms with van der Waals surface area (Å²) < 4.78 is 122. The topological polar surface area (TPSA) is 73.3 Å². The van der Waals surface area contributed by atoms with Crippen LogP contribution in [0.4, 0.5) is 50.0 Å². The van der Waals surface area contributed by atoms with Crippen LogP contribution < -0.4 is 4.90 Å². The molecule has 41 heavy (non-hydrogen) atoms. The number of hydrogen-bond donors (Lipinski definition) is 1. The summed E-state index contributed by atoms with van der Waals surface area (Å²) in [6, 6.07) is 3.57. The number of carboxylic acid groups (broad SMARTS) is 1. The van der Waals surface area contributed by atoms with Crippen molar-refractivity contribution in [1.29, 1.82) is 0 Å². The molecule has 1 aromatic carbocycles. The first-order valence-electron chi connectivity index (χ1n) is 12.9. The van der Waals surface area contributed by atoms with Gasteiger partial charge in [-0.1, -0.05) is 0 Å². The normalized spacial score (nSPS) is 22.1. The molecule has 230 valence electrons. The number of halogens is 9. The zero-order chi connectivity index (χ0) is 30.4. The van der Waals surface area contributed by atoms with Crippen LogP contribution in [0, 0.1) is 5.92 Å². The second-order valence-corrected chi connectivity index (χ2v) is 10.7. The standard InChI is InChI=1S/C25H28F9N3O4/c26-23(27,28)17-10-15(11-18(12-17)36-7-2-16(14-36)19(38)39)13-37-6-1-3-22(37)4-8-35(9-5-22)21(40)41-20(24(29,30)31)25(32,33)34/h10-12,16,20H,1-9,13-14H2,(H,38,39). The Balaban J connectivity index is 1.47. The highest BCUT2D eigenvalue weighted by molar-refractivity contribution is 5.72. The number of carboxylic acids is 1. The fourth-order valence-electron chi connectivity index (χ4n) is 5.94. The summed E-state index contributed by atoms with van der Waals surface area (Å²) in [4.78, 5) is 27.8. The summed E-state index contributed by atoms with van der Waals surface area (Å²) >= 11 is 0. The van der Waals surface area contributed by atoms with Gasteiger partial charge in [-0.2, -0.15) is 39.5 Å². The second-order valence-electron chi connectivity index (χ2n) is 10.7. The summed E-state index contributed by atoms with van der Waals surface area (Å²) in [6.45, 7) is 0.554. The summed E-state index contributed by atoms with van der Waals surface area (Å²) in [5, 5.41) is 9.27. The predicted molar refractivity (Wildman–Crippen MR) is 125 cm³/mol. The van der Waals surface area contributed by atoms with Gasteiger partial charge in [-0.25, -0.2) is 4.79 Å². The SMILES string of the molecule is O=C(O)C1CCN(c2cc(CN3CCCC34CCN(C(=O)OC(C(F)(F)F)C(F)(F)F)CC4)cc(C(F)(F)F)c2)C1. The van der Waals surface area contributed by atoms with Gasteiger partial charge in [0.25, 0.3) is 6.10 Å². The summed E-state index contributed by atoms with van der Waals surface area (Å²) in [6.07, 6.45) is -20.4. The molecule has 3 heterocycles. The van der Waals surface area contributed by atoms with E-state index < -0.39 is 53.7 Å². The van der Waals surface area contributed by atoms with E-state index in [1.807, 2.05) is 4.90 Å². The number of piperidine rings is 1. The van der Waals surface area contributed by atoms with Crippen LogP contribution in [0.5, 0.6) is 0 Å². The number of benzene rings is 1. The molecular weight excluding hydrogens is 577 g/mol. The highest BCUT2D eigenvalue weighted by Crippen LogP contribution is 2.42. The summed E-state index contributed by atoms with van der Waals surface area (Å²) in [7, 11) is 0. The molecule has 3 aliphatic rings. The van der Waals surface area contributed by atoms with E-state index in [4.69, 9.17) is 0 Å². The number of alkyl halides is 9. The molecule has 1 N–H and O–H groups in total. The minimum Gasteiger partial charge on any atom is -0.481 e. The van der Waals surface area contributed by atoms with Crippen molar-refractivity contribution in [2.45, 2.75) is 68.8 Å². The maximum absolute atomic E-state index is 13.7. The Bertz CT molecular complexity index is 1120. The third kappa shape index (κ3) is 6.95. The van der Waals surface area contributed by atoms with Gasteiger partial charge in [0.1, 0.15) is 0 Å². The predicted octanol–water partition coefficient (Wildman–Crippen LogP) is 5.68. The van der Waals surface area contributed by atoms with Crippen molar-refractivity contribution < 1.29 is 58.9 Å². The maximum atomic E-state index is 13.7. The molecule has 1 aromatic rings. The molecule has 3 saturated heterocycles. The van der Waals surface area contributed by atoms with Gasteiger partial charge in [0.2, 0.25) is 0 Å². The number of carbonyl (C=O) groups is 2. The number of nitrogens with zero attached hydrogens (tertiary/aromatic N) is 3. The van der Waals surface area contributed by atoms with Crippen molar-refractivity contribution in [1.82, 2.24) is 9.80 Å². The van der Waals surface area contributed by atoms with Crippen LogP contribution in [-0.2, 0) is 22.3 Å². The van der Waals surface area contributed by atoms with E-state index in [1.54, 1.807) is 11.0 Å². The largest absolute Gasteiger partial charge is 0.481 e. The highest BCUT2D eigenvalue weighted by atomic mass is 19.4. The number of likely N-dealkylation sites (tertiary alicyclic amines) is 2. The average molecular weight is 605 g/mol. The van der Waals surface area contributed by atoms with E-state index in [1.165, 1.54) is 0 Å². The minimum atomic E-state index is -5.83. The number of anilines is 1. The van der Waals surface area contributed by atoms with E-state index in [-0.39, 0.29) is 51.3 Å². The van der Waals surface area contributed by atoms with Gasteiger partial charge in [0, 0.05) is 44.0 Å². The van der Waals surface area contributed by atoms with Crippen molar-refractivity contribution in [3.8, 4) is 0 Å². The lowest BCUT2D eigenvalue weighted by molar-refractivity contribution is -0.308. The highest BCUT2D eigenvalue weighted by Gasteiger charge is 2.60. The zero-order valence-electron chi connectivity index (χ0n) is 21.6. The van der Waals surface area contributed by atoms with Crippen molar-refractivity contribution in [2.24, 2.45) is 5.92 Å². The van der Waals surface area contributed by atoms with Gasteiger partial charge in [-0.05, 0) is 62.4 Å². The van der Waals surface area contributed by atoms with Gasteiger partial charge in [-0.3, -0.25) is 9.69 Å². The fourth-order valence-corrected chi connectivity index (χ4v) is 5.94.